The smallest absolute Gasteiger partial charge is 0.336 e. The molecule has 1 aromatic heterocycles. The van der Waals surface area contributed by atoms with Gasteiger partial charge in [-0.15, -0.1) is 0 Å². The maximum absolute atomic E-state index is 12.8. The van der Waals surface area contributed by atoms with E-state index in [1.807, 2.05) is 0 Å². The predicted molar refractivity (Wildman–Crippen MR) is 101 cm³/mol. The second-order valence-electron chi connectivity index (χ2n) is 6.68. The number of nitriles is 1. The quantitative estimate of drug-likeness (QED) is 0.332. The molecule has 0 amide bonds. The summed E-state index contributed by atoms with van der Waals surface area (Å²) in [6.45, 7) is -3.06. The molecule has 0 aliphatic carbocycles. The number of fused-ring (bicyclic) bond motifs is 1. The first-order valence-electron chi connectivity index (χ1n) is 8.95. The van der Waals surface area contributed by atoms with Crippen LogP contribution in [0.2, 0.25) is 6.32 Å². The van der Waals surface area contributed by atoms with Crippen molar-refractivity contribution < 1.29 is 22.0 Å². The lowest BCUT2D eigenvalue weighted by molar-refractivity contribution is -0.137. The summed E-state index contributed by atoms with van der Waals surface area (Å²) in [6, 6.07) is 4.29. The molecule has 154 valence electrons. The van der Waals surface area contributed by atoms with Gasteiger partial charge in [-0.05, 0) is 30.9 Å². The van der Waals surface area contributed by atoms with Gasteiger partial charge in [-0.1, -0.05) is 18.5 Å². The maximum Gasteiger partial charge on any atom is 0.416 e. The van der Waals surface area contributed by atoms with Crippen molar-refractivity contribution in [1.82, 2.24) is 15.3 Å². The predicted octanol–water partition coefficient (Wildman–Crippen LogP) is 4.05. The van der Waals surface area contributed by atoms with Crippen LogP contribution in [-0.4, -0.2) is 28.9 Å². The molecule has 0 atom stereocenters. The van der Waals surface area contributed by atoms with Gasteiger partial charge < -0.3 is 5.32 Å². The Labute approximate surface area is 169 Å². The first-order valence-corrected chi connectivity index (χ1v) is 8.95. The van der Waals surface area contributed by atoms with E-state index >= 15 is 0 Å². The summed E-state index contributed by atoms with van der Waals surface area (Å²) in [6.07, 6.45) is -1.12. The topological polar surface area (TPSA) is 85.5 Å². The average Bonchev–Trinajstić information content (AvgIpc) is 2.71. The Balaban J connectivity index is 2.03. The van der Waals surface area contributed by atoms with E-state index in [1.165, 1.54) is 12.1 Å². The fraction of sp³-hybridized carbons (Fsp3) is 0.263. The van der Waals surface area contributed by atoms with Gasteiger partial charge in [0.05, 0.1) is 17.0 Å². The molecular formula is C19H15BF5N5. The fourth-order valence-corrected chi connectivity index (χ4v) is 3.17. The zero-order chi connectivity index (χ0) is 21.9. The third-order valence-corrected chi connectivity index (χ3v) is 4.66. The SMILES string of the molecule is N#CB1CCc2c(nc(-c3ccc(C(F)(F)F)cc3)nc2C(=N)/C=C\NC(F)F)C1. The molecule has 3 rings (SSSR count). The molecule has 5 nitrogen and oxygen atoms in total. The summed E-state index contributed by atoms with van der Waals surface area (Å²) in [5.74, 6) is 2.28. The normalized spacial score (nSPS) is 14.0. The lowest BCUT2D eigenvalue weighted by Crippen LogP contribution is -2.26. The maximum atomic E-state index is 12.8. The number of rotatable bonds is 5. The monoisotopic (exact) mass is 419 g/mol. The van der Waals surface area contributed by atoms with Crippen LogP contribution in [0.25, 0.3) is 11.4 Å². The zero-order valence-corrected chi connectivity index (χ0v) is 15.5. The largest absolute Gasteiger partial charge is 0.416 e. The summed E-state index contributed by atoms with van der Waals surface area (Å²) < 4.78 is 63.0. The summed E-state index contributed by atoms with van der Waals surface area (Å²) in [7, 11) is 0. The van der Waals surface area contributed by atoms with Gasteiger partial charge in [-0.3, -0.25) is 5.41 Å². The van der Waals surface area contributed by atoms with Gasteiger partial charge >= 0.3 is 12.7 Å². The summed E-state index contributed by atoms with van der Waals surface area (Å²) in [5.41, 5.74) is 0.733. The highest BCUT2D eigenvalue weighted by Gasteiger charge is 2.31. The third-order valence-electron chi connectivity index (χ3n) is 4.66. The number of hydrogen-bond acceptors (Lipinski definition) is 5. The molecule has 11 heteroatoms. The van der Waals surface area contributed by atoms with Gasteiger partial charge in [-0.25, -0.2) is 15.2 Å². The van der Waals surface area contributed by atoms with Crippen LogP contribution < -0.4 is 5.32 Å². The van der Waals surface area contributed by atoms with Crippen molar-refractivity contribution in [2.75, 3.05) is 0 Å². The van der Waals surface area contributed by atoms with E-state index in [9.17, 15) is 27.2 Å². The number of nitrogens with zero attached hydrogens (tertiary/aromatic N) is 3. The molecule has 0 unspecified atom stereocenters. The van der Waals surface area contributed by atoms with Gasteiger partial charge in [0, 0.05) is 29.0 Å². The van der Waals surface area contributed by atoms with Gasteiger partial charge in [0.15, 0.2) is 5.82 Å². The Kier molecular flexibility index (Phi) is 6.15. The van der Waals surface area contributed by atoms with Crippen LogP contribution in [0.15, 0.2) is 36.5 Å². The summed E-state index contributed by atoms with van der Waals surface area (Å²) in [5, 5.41) is 19.2. The van der Waals surface area contributed by atoms with Crippen molar-refractivity contribution in [3.63, 3.8) is 0 Å². The number of nitrogens with one attached hydrogen (secondary N) is 2. The minimum atomic E-state index is -4.48. The standard InChI is InChI=1S/C19H15BF5N5/c21-18(22)28-8-6-14(27)16-13-5-7-20(10-26)9-15(13)29-17(30-16)11-1-3-12(4-2-11)19(23,24)25/h1-4,6,8,18,27-28H,5,7,9H2/b8-6-,27-14?. The van der Waals surface area contributed by atoms with Gasteiger partial charge in [-0.2, -0.15) is 22.0 Å². The second-order valence-corrected chi connectivity index (χ2v) is 6.68. The van der Waals surface area contributed by atoms with Crippen LogP contribution in [0.3, 0.4) is 0 Å². The third kappa shape index (κ3) is 4.82. The van der Waals surface area contributed by atoms with E-state index in [0.717, 1.165) is 24.4 Å². The summed E-state index contributed by atoms with van der Waals surface area (Å²) in [4.78, 5) is 8.76. The molecule has 0 spiro atoms. The van der Waals surface area contributed by atoms with Crippen LogP contribution in [0.1, 0.15) is 22.5 Å². The fourth-order valence-electron chi connectivity index (χ4n) is 3.17. The molecule has 0 fully saturated rings. The number of halogens is 5. The zero-order valence-electron chi connectivity index (χ0n) is 15.5. The Morgan fingerprint density at radius 3 is 2.53 bits per heavy atom. The number of alkyl halides is 5. The Hall–Kier alpha value is -3.29. The van der Waals surface area contributed by atoms with E-state index in [4.69, 9.17) is 5.41 Å². The summed E-state index contributed by atoms with van der Waals surface area (Å²) >= 11 is 0. The van der Waals surface area contributed by atoms with E-state index in [2.05, 4.69) is 15.9 Å². The van der Waals surface area contributed by atoms with Gasteiger partial charge in [0.2, 0.25) is 0 Å². The van der Waals surface area contributed by atoms with E-state index < -0.39 is 18.3 Å². The number of benzene rings is 1. The Morgan fingerprint density at radius 2 is 1.93 bits per heavy atom. The van der Waals surface area contributed by atoms with E-state index in [0.29, 0.717) is 35.9 Å². The van der Waals surface area contributed by atoms with Crippen LogP contribution in [0.4, 0.5) is 22.0 Å². The molecule has 2 N–H and O–H groups in total. The highest BCUT2D eigenvalue weighted by molar-refractivity contribution is 6.66. The lowest BCUT2D eigenvalue weighted by Gasteiger charge is -2.20. The molecule has 2 aromatic rings. The minimum Gasteiger partial charge on any atom is -0.336 e. The Morgan fingerprint density at radius 1 is 1.23 bits per heavy atom. The first kappa shape index (κ1) is 21.4. The van der Waals surface area contributed by atoms with Crippen molar-refractivity contribution >= 4 is 12.4 Å². The lowest BCUT2D eigenvalue weighted by atomic mass is 9.43. The highest BCUT2D eigenvalue weighted by Crippen LogP contribution is 2.31. The minimum absolute atomic E-state index is 0.107. The molecule has 1 aliphatic heterocycles. The van der Waals surface area contributed by atoms with Gasteiger partial charge in [0.1, 0.15) is 0 Å². The number of allylic oxidation sites excluding steroid dienone is 1. The van der Waals surface area contributed by atoms with E-state index in [-0.39, 0.29) is 23.9 Å². The molecule has 0 saturated heterocycles. The van der Waals surface area contributed by atoms with Crippen LogP contribution in [-0.2, 0) is 18.9 Å². The Bertz CT molecular complexity index is 1010. The van der Waals surface area contributed by atoms with Crippen molar-refractivity contribution in [3.05, 3.63) is 59.1 Å². The first-order chi connectivity index (χ1) is 14.2. The van der Waals surface area contributed by atoms with Crippen molar-refractivity contribution in [2.45, 2.75) is 31.8 Å². The van der Waals surface area contributed by atoms with Crippen molar-refractivity contribution in [3.8, 4) is 17.4 Å². The van der Waals surface area contributed by atoms with Crippen LogP contribution in [0.5, 0.6) is 0 Å². The van der Waals surface area contributed by atoms with Crippen LogP contribution in [0, 0.1) is 16.6 Å². The molecule has 30 heavy (non-hydrogen) atoms. The molecule has 2 heterocycles. The molecule has 1 aromatic carbocycles. The van der Waals surface area contributed by atoms with E-state index in [1.54, 1.807) is 5.32 Å². The molecule has 0 radical (unpaired) electrons. The molecule has 0 bridgehead atoms. The van der Waals surface area contributed by atoms with Crippen molar-refractivity contribution in [1.29, 1.82) is 10.7 Å². The van der Waals surface area contributed by atoms with Crippen LogP contribution >= 0.6 is 0 Å². The number of hydrogen-bond donors (Lipinski definition) is 2. The molecular weight excluding hydrogens is 404 g/mol. The highest BCUT2D eigenvalue weighted by atomic mass is 19.4. The number of aromatic nitrogens is 2. The molecule has 1 aliphatic rings. The second kappa shape index (κ2) is 8.61. The molecule has 0 saturated carbocycles. The van der Waals surface area contributed by atoms with Gasteiger partial charge in [0.25, 0.3) is 6.71 Å². The van der Waals surface area contributed by atoms with Crippen molar-refractivity contribution in [2.24, 2.45) is 0 Å². The average molecular weight is 419 g/mol.